The highest BCUT2D eigenvalue weighted by atomic mass is 16.7. The van der Waals surface area contributed by atoms with Gasteiger partial charge in [0.15, 0.2) is 0 Å². The molecule has 0 atom stereocenters. The van der Waals surface area contributed by atoms with Gasteiger partial charge in [-0.25, -0.2) is 0 Å². The molecular formula is C20H24O3. The summed E-state index contributed by atoms with van der Waals surface area (Å²) in [6, 6.07) is 18.7. The normalized spacial score (nSPS) is 11.4. The average molecular weight is 312 g/mol. The van der Waals surface area contributed by atoms with Crippen LogP contribution in [0.4, 0.5) is 0 Å². The molecule has 0 fully saturated rings. The maximum absolute atomic E-state index is 13.2. The molecule has 0 radical (unpaired) electrons. The number of carbonyl (C=O) groups is 1. The number of carbonyl (C=O) groups excluding carboxylic acids is 1. The van der Waals surface area contributed by atoms with Crippen LogP contribution in [0.5, 0.6) is 0 Å². The van der Waals surface area contributed by atoms with Crippen molar-refractivity contribution in [3.05, 3.63) is 71.8 Å². The lowest BCUT2D eigenvalue weighted by Gasteiger charge is -2.32. The largest absolute Gasteiger partial charge is 0.340 e. The van der Waals surface area contributed by atoms with Crippen molar-refractivity contribution in [2.24, 2.45) is 0 Å². The molecule has 3 heteroatoms. The lowest BCUT2D eigenvalue weighted by molar-refractivity contribution is -0.209. The molecule has 2 aromatic carbocycles. The minimum absolute atomic E-state index is 0.161. The van der Waals surface area contributed by atoms with Gasteiger partial charge < -0.3 is 9.47 Å². The summed E-state index contributed by atoms with van der Waals surface area (Å²) < 4.78 is 12.0. The van der Waals surface area contributed by atoms with Crippen LogP contribution in [-0.4, -0.2) is 19.0 Å². The fourth-order valence-electron chi connectivity index (χ4n) is 2.40. The lowest BCUT2D eigenvalue weighted by Crippen LogP contribution is -2.42. The molecule has 0 bridgehead atoms. The standard InChI is InChI=1S/C20H24O3/c1-3-15-22-20(23-16-4-2,18-13-9-6-10-14-18)19(21)17-11-7-5-8-12-17/h5-14H,3-4,15-16H2,1-2H3. The van der Waals surface area contributed by atoms with Crippen LogP contribution in [0.1, 0.15) is 42.6 Å². The second kappa shape index (κ2) is 8.61. The van der Waals surface area contributed by atoms with Crippen molar-refractivity contribution in [2.45, 2.75) is 32.5 Å². The van der Waals surface area contributed by atoms with Gasteiger partial charge in [0.2, 0.25) is 5.78 Å². The number of benzene rings is 2. The topological polar surface area (TPSA) is 35.5 Å². The third kappa shape index (κ3) is 4.06. The first-order valence-electron chi connectivity index (χ1n) is 8.18. The highest BCUT2D eigenvalue weighted by molar-refractivity contribution is 6.02. The number of ether oxygens (including phenoxy) is 2. The van der Waals surface area contributed by atoms with E-state index < -0.39 is 5.79 Å². The zero-order valence-corrected chi connectivity index (χ0v) is 13.8. The first kappa shape index (κ1) is 17.4. The van der Waals surface area contributed by atoms with Crippen LogP contribution in [0, 0.1) is 0 Å². The van der Waals surface area contributed by atoms with E-state index in [0.717, 1.165) is 18.4 Å². The molecule has 2 aromatic rings. The molecule has 0 saturated heterocycles. The van der Waals surface area contributed by atoms with Gasteiger partial charge in [0, 0.05) is 11.1 Å². The predicted octanol–water partition coefficient (Wildman–Crippen LogP) is 4.58. The number of hydrogen-bond acceptors (Lipinski definition) is 3. The molecule has 0 unspecified atom stereocenters. The first-order valence-corrected chi connectivity index (χ1v) is 8.18. The average Bonchev–Trinajstić information content (AvgIpc) is 2.63. The Balaban J connectivity index is 2.48. The Labute approximate surface area is 138 Å². The van der Waals surface area contributed by atoms with Gasteiger partial charge in [-0.05, 0) is 12.8 Å². The van der Waals surface area contributed by atoms with Gasteiger partial charge in [0.1, 0.15) is 0 Å². The van der Waals surface area contributed by atoms with Crippen LogP contribution in [0.15, 0.2) is 60.7 Å². The molecule has 3 nitrogen and oxygen atoms in total. The maximum atomic E-state index is 13.2. The lowest BCUT2D eigenvalue weighted by atomic mass is 9.95. The molecule has 122 valence electrons. The molecule has 2 rings (SSSR count). The molecular weight excluding hydrogens is 288 g/mol. The molecule has 0 aromatic heterocycles. The van der Waals surface area contributed by atoms with Gasteiger partial charge in [-0.2, -0.15) is 0 Å². The van der Waals surface area contributed by atoms with Gasteiger partial charge in [-0.3, -0.25) is 4.79 Å². The number of hydrogen-bond donors (Lipinski definition) is 0. The van der Waals surface area contributed by atoms with Gasteiger partial charge in [0.25, 0.3) is 5.79 Å². The number of ketones is 1. The Morgan fingerprint density at radius 2 is 1.30 bits per heavy atom. The third-order valence-electron chi connectivity index (χ3n) is 3.51. The van der Waals surface area contributed by atoms with Gasteiger partial charge >= 0.3 is 0 Å². The van der Waals surface area contributed by atoms with E-state index in [4.69, 9.17) is 9.47 Å². The molecule has 0 saturated carbocycles. The quantitative estimate of drug-likeness (QED) is 0.502. The number of Topliss-reactive ketones (excluding diaryl/α,β-unsaturated/α-hetero) is 1. The Bertz CT molecular complexity index is 585. The van der Waals surface area contributed by atoms with E-state index in [1.165, 1.54) is 0 Å². The molecule has 0 aliphatic carbocycles. The summed E-state index contributed by atoms with van der Waals surface area (Å²) >= 11 is 0. The van der Waals surface area contributed by atoms with Crippen LogP contribution < -0.4 is 0 Å². The Morgan fingerprint density at radius 3 is 1.78 bits per heavy atom. The summed E-state index contributed by atoms with van der Waals surface area (Å²) in [5, 5.41) is 0. The first-order chi connectivity index (χ1) is 11.2. The Morgan fingerprint density at radius 1 is 0.826 bits per heavy atom. The summed E-state index contributed by atoms with van der Waals surface area (Å²) in [4.78, 5) is 13.2. The molecule has 0 N–H and O–H groups in total. The summed E-state index contributed by atoms with van der Waals surface area (Å²) in [5.74, 6) is -1.54. The van der Waals surface area contributed by atoms with Crippen molar-refractivity contribution in [2.75, 3.05) is 13.2 Å². The SMILES string of the molecule is CCCOC(OCCC)(C(=O)c1ccccc1)c1ccccc1. The van der Waals surface area contributed by atoms with Crippen molar-refractivity contribution in [1.82, 2.24) is 0 Å². The van der Waals surface area contributed by atoms with Crippen LogP contribution in [-0.2, 0) is 15.3 Å². The van der Waals surface area contributed by atoms with E-state index in [-0.39, 0.29) is 5.78 Å². The molecule has 0 amide bonds. The second-order valence-corrected chi connectivity index (χ2v) is 5.37. The van der Waals surface area contributed by atoms with Crippen molar-refractivity contribution in [1.29, 1.82) is 0 Å². The fraction of sp³-hybridized carbons (Fsp3) is 0.350. The molecule has 23 heavy (non-hydrogen) atoms. The van der Waals surface area contributed by atoms with Crippen LogP contribution in [0.3, 0.4) is 0 Å². The molecule has 0 aliphatic heterocycles. The van der Waals surface area contributed by atoms with Crippen molar-refractivity contribution >= 4 is 5.78 Å². The van der Waals surface area contributed by atoms with Crippen LogP contribution in [0.25, 0.3) is 0 Å². The molecule has 0 aliphatic rings. The third-order valence-corrected chi connectivity index (χ3v) is 3.51. The maximum Gasteiger partial charge on any atom is 0.261 e. The summed E-state index contributed by atoms with van der Waals surface area (Å²) in [7, 11) is 0. The van der Waals surface area contributed by atoms with E-state index >= 15 is 0 Å². The Kier molecular flexibility index (Phi) is 6.51. The van der Waals surface area contributed by atoms with E-state index in [0.29, 0.717) is 18.8 Å². The van der Waals surface area contributed by atoms with Gasteiger partial charge in [-0.15, -0.1) is 0 Å². The highest BCUT2D eigenvalue weighted by Gasteiger charge is 2.43. The van der Waals surface area contributed by atoms with Gasteiger partial charge in [-0.1, -0.05) is 74.5 Å². The molecule has 0 spiro atoms. The monoisotopic (exact) mass is 312 g/mol. The van der Waals surface area contributed by atoms with E-state index in [1.54, 1.807) is 12.1 Å². The van der Waals surface area contributed by atoms with Crippen LogP contribution >= 0.6 is 0 Å². The Hall–Kier alpha value is -1.97. The van der Waals surface area contributed by atoms with E-state index in [2.05, 4.69) is 0 Å². The highest BCUT2D eigenvalue weighted by Crippen LogP contribution is 2.32. The summed E-state index contributed by atoms with van der Waals surface area (Å²) in [6.07, 6.45) is 1.62. The zero-order chi connectivity index (χ0) is 16.5. The minimum atomic E-state index is -1.38. The predicted molar refractivity (Wildman–Crippen MR) is 91.4 cm³/mol. The second-order valence-electron chi connectivity index (χ2n) is 5.37. The zero-order valence-electron chi connectivity index (χ0n) is 13.8. The van der Waals surface area contributed by atoms with Crippen LogP contribution in [0.2, 0.25) is 0 Å². The van der Waals surface area contributed by atoms with Gasteiger partial charge in [0.05, 0.1) is 13.2 Å². The minimum Gasteiger partial charge on any atom is -0.340 e. The van der Waals surface area contributed by atoms with Crippen molar-refractivity contribution in [3.63, 3.8) is 0 Å². The van der Waals surface area contributed by atoms with Crippen molar-refractivity contribution < 1.29 is 14.3 Å². The summed E-state index contributed by atoms with van der Waals surface area (Å²) in [6.45, 7) is 4.94. The van der Waals surface area contributed by atoms with E-state index in [9.17, 15) is 4.79 Å². The molecule has 0 heterocycles. The summed E-state index contributed by atoms with van der Waals surface area (Å²) in [5.41, 5.74) is 1.32. The number of rotatable bonds is 9. The van der Waals surface area contributed by atoms with E-state index in [1.807, 2.05) is 62.4 Å². The fourth-order valence-corrected chi connectivity index (χ4v) is 2.40. The van der Waals surface area contributed by atoms with Crippen molar-refractivity contribution in [3.8, 4) is 0 Å². The smallest absolute Gasteiger partial charge is 0.261 e.